The molecule has 1 aromatic heterocycles. The van der Waals surface area contributed by atoms with Crippen LogP contribution in [0.1, 0.15) is 24.2 Å². The molecular weight excluding hydrogens is 282 g/mol. The highest BCUT2D eigenvalue weighted by atomic mass is 16.5. The van der Waals surface area contributed by atoms with Crippen molar-refractivity contribution in [3.63, 3.8) is 0 Å². The lowest BCUT2D eigenvalue weighted by molar-refractivity contribution is -0.118. The number of rotatable bonds is 5. The van der Waals surface area contributed by atoms with Gasteiger partial charge in [0.15, 0.2) is 0 Å². The summed E-state index contributed by atoms with van der Waals surface area (Å²) in [6.45, 7) is 3.62. The Morgan fingerprint density at radius 2 is 2.00 bits per heavy atom. The summed E-state index contributed by atoms with van der Waals surface area (Å²) in [6, 6.07) is 9.84. The molecule has 0 spiro atoms. The third kappa shape index (κ3) is 4.05. The molecule has 2 aromatic rings. The Labute approximate surface area is 128 Å². The number of carbonyl (C=O) groups is 2. The summed E-state index contributed by atoms with van der Waals surface area (Å²) in [5.41, 5.74) is 6.17. The molecular formula is C16H17N3O3. The van der Waals surface area contributed by atoms with Gasteiger partial charge in [0, 0.05) is 17.5 Å². The van der Waals surface area contributed by atoms with E-state index < -0.39 is 5.91 Å². The molecule has 0 aliphatic carbocycles. The fourth-order valence-electron chi connectivity index (χ4n) is 1.63. The fourth-order valence-corrected chi connectivity index (χ4v) is 1.63. The second kappa shape index (κ2) is 6.71. The molecule has 0 saturated heterocycles. The van der Waals surface area contributed by atoms with Crippen LogP contribution in [0.2, 0.25) is 0 Å². The van der Waals surface area contributed by atoms with Gasteiger partial charge in [0.1, 0.15) is 5.75 Å². The second-order valence-electron chi connectivity index (χ2n) is 5.02. The smallest absolute Gasteiger partial charge is 0.248 e. The first-order valence-electron chi connectivity index (χ1n) is 6.80. The Balaban J connectivity index is 2.06. The summed E-state index contributed by atoms with van der Waals surface area (Å²) in [5, 5.41) is 2.74. The van der Waals surface area contributed by atoms with E-state index in [1.165, 1.54) is 6.20 Å². The van der Waals surface area contributed by atoms with Gasteiger partial charge >= 0.3 is 0 Å². The van der Waals surface area contributed by atoms with Gasteiger partial charge in [0.25, 0.3) is 0 Å². The summed E-state index contributed by atoms with van der Waals surface area (Å²) in [4.78, 5) is 26.8. The molecule has 22 heavy (non-hydrogen) atoms. The van der Waals surface area contributed by atoms with Crippen LogP contribution in [-0.4, -0.2) is 16.8 Å². The van der Waals surface area contributed by atoms with Crippen molar-refractivity contribution in [2.24, 2.45) is 11.7 Å². The van der Waals surface area contributed by atoms with Crippen LogP contribution >= 0.6 is 0 Å². The van der Waals surface area contributed by atoms with E-state index in [0.29, 0.717) is 22.9 Å². The first kappa shape index (κ1) is 15.5. The van der Waals surface area contributed by atoms with E-state index in [-0.39, 0.29) is 11.8 Å². The van der Waals surface area contributed by atoms with E-state index in [1.807, 2.05) is 13.8 Å². The Morgan fingerprint density at radius 1 is 1.23 bits per heavy atom. The van der Waals surface area contributed by atoms with Crippen LogP contribution in [0.3, 0.4) is 0 Å². The van der Waals surface area contributed by atoms with Gasteiger partial charge in [0.05, 0.1) is 11.9 Å². The molecule has 0 bridgehead atoms. The van der Waals surface area contributed by atoms with E-state index >= 15 is 0 Å². The summed E-state index contributed by atoms with van der Waals surface area (Å²) >= 11 is 0. The number of hydrogen-bond donors (Lipinski definition) is 2. The monoisotopic (exact) mass is 299 g/mol. The zero-order valence-electron chi connectivity index (χ0n) is 12.4. The van der Waals surface area contributed by atoms with Gasteiger partial charge in [-0.1, -0.05) is 19.9 Å². The Morgan fingerprint density at radius 3 is 2.59 bits per heavy atom. The third-order valence-corrected chi connectivity index (χ3v) is 2.87. The number of ether oxygens (including phenoxy) is 1. The number of pyridine rings is 1. The van der Waals surface area contributed by atoms with E-state index in [1.54, 1.807) is 36.4 Å². The number of aromatic nitrogens is 1. The molecule has 0 aliphatic heterocycles. The predicted molar refractivity (Wildman–Crippen MR) is 82.7 cm³/mol. The minimum Gasteiger partial charge on any atom is -0.439 e. The molecule has 3 N–H and O–H groups in total. The second-order valence-corrected chi connectivity index (χ2v) is 5.02. The van der Waals surface area contributed by atoms with Gasteiger partial charge < -0.3 is 15.8 Å². The van der Waals surface area contributed by atoms with Crippen LogP contribution in [-0.2, 0) is 4.79 Å². The fraction of sp³-hybridized carbons (Fsp3) is 0.188. The number of carbonyl (C=O) groups excluding carboxylic acids is 2. The number of benzene rings is 1. The van der Waals surface area contributed by atoms with E-state index in [4.69, 9.17) is 10.5 Å². The number of primary amides is 1. The van der Waals surface area contributed by atoms with Crippen molar-refractivity contribution < 1.29 is 14.3 Å². The van der Waals surface area contributed by atoms with E-state index in [9.17, 15) is 9.59 Å². The van der Waals surface area contributed by atoms with Crippen molar-refractivity contribution >= 4 is 17.5 Å². The molecule has 114 valence electrons. The molecule has 0 unspecified atom stereocenters. The summed E-state index contributed by atoms with van der Waals surface area (Å²) in [7, 11) is 0. The van der Waals surface area contributed by atoms with Crippen LogP contribution in [0.5, 0.6) is 11.6 Å². The van der Waals surface area contributed by atoms with Crippen molar-refractivity contribution in [2.45, 2.75) is 13.8 Å². The molecule has 2 amide bonds. The van der Waals surface area contributed by atoms with Crippen molar-refractivity contribution in [1.29, 1.82) is 0 Å². The third-order valence-electron chi connectivity index (χ3n) is 2.87. The molecule has 0 saturated carbocycles. The molecule has 1 aromatic carbocycles. The van der Waals surface area contributed by atoms with Crippen LogP contribution in [0.25, 0.3) is 0 Å². The number of nitrogens with two attached hydrogens (primary N) is 1. The standard InChI is InChI=1S/C16H17N3O3/c1-10(2)16(21)19-12-6-7-14(18-9-12)22-13-5-3-4-11(8-13)15(17)20/h3-10H,1-2H3,(H2,17,20)(H,19,21). The highest BCUT2D eigenvalue weighted by molar-refractivity contribution is 5.93. The SMILES string of the molecule is CC(C)C(=O)Nc1ccc(Oc2cccc(C(N)=O)c2)nc1. The van der Waals surface area contributed by atoms with Crippen LogP contribution in [0, 0.1) is 5.92 Å². The van der Waals surface area contributed by atoms with Crippen LogP contribution in [0.4, 0.5) is 5.69 Å². The summed E-state index contributed by atoms with van der Waals surface area (Å²) in [6.07, 6.45) is 1.51. The predicted octanol–water partition coefficient (Wildman–Crippen LogP) is 2.57. The topological polar surface area (TPSA) is 94.3 Å². The molecule has 0 aliphatic rings. The zero-order valence-corrected chi connectivity index (χ0v) is 12.4. The minimum atomic E-state index is -0.523. The Hall–Kier alpha value is -2.89. The number of nitrogens with one attached hydrogen (secondary N) is 1. The molecule has 1 heterocycles. The van der Waals surface area contributed by atoms with Crippen LogP contribution in [0.15, 0.2) is 42.6 Å². The molecule has 0 atom stereocenters. The highest BCUT2D eigenvalue weighted by Crippen LogP contribution is 2.21. The first-order valence-corrected chi connectivity index (χ1v) is 6.80. The Kier molecular flexibility index (Phi) is 4.73. The molecule has 6 heteroatoms. The maximum atomic E-state index is 11.6. The van der Waals surface area contributed by atoms with Crippen LogP contribution < -0.4 is 15.8 Å². The van der Waals surface area contributed by atoms with Crippen molar-refractivity contribution in [1.82, 2.24) is 4.98 Å². The van der Waals surface area contributed by atoms with Gasteiger partial charge in [-0.3, -0.25) is 9.59 Å². The zero-order chi connectivity index (χ0) is 16.1. The first-order chi connectivity index (χ1) is 10.5. The van der Waals surface area contributed by atoms with Gasteiger partial charge in [-0.2, -0.15) is 0 Å². The van der Waals surface area contributed by atoms with E-state index in [2.05, 4.69) is 10.3 Å². The van der Waals surface area contributed by atoms with Crippen molar-refractivity contribution in [2.75, 3.05) is 5.32 Å². The van der Waals surface area contributed by atoms with Crippen molar-refractivity contribution in [3.05, 3.63) is 48.2 Å². The minimum absolute atomic E-state index is 0.0790. The Bertz CT molecular complexity index is 681. The molecule has 0 radical (unpaired) electrons. The number of anilines is 1. The molecule has 0 fully saturated rings. The van der Waals surface area contributed by atoms with Crippen molar-refractivity contribution in [3.8, 4) is 11.6 Å². The average molecular weight is 299 g/mol. The maximum absolute atomic E-state index is 11.6. The van der Waals surface area contributed by atoms with Gasteiger partial charge in [-0.15, -0.1) is 0 Å². The summed E-state index contributed by atoms with van der Waals surface area (Å²) < 4.78 is 5.55. The normalized spacial score (nSPS) is 10.3. The quantitative estimate of drug-likeness (QED) is 0.887. The average Bonchev–Trinajstić information content (AvgIpc) is 2.49. The van der Waals surface area contributed by atoms with E-state index in [0.717, 1.165) is 0 Å². The molecule has 2 rings (SSSR count). The number of nitrogens with zero attached hydrogens (tertiary/aromatic N) is 1. The molecule has 6 nitrogen and oxygen atoms in total. The number of amides is 2. The van der Waals surface area contributed by atoms with Gasteiger partial charge in [-0.25, -0.2) is 4.98 Å². The highest BCUT2D eigenvalue weighted by Gasteiger charge is 2.08. The lowest BCUT2D eigenvalue weighted by Gasteiger charge is -2.09. The maximum Gasteiger partial charge on any atom is 0.248 e. The number of hydrogen-bond acceptors (Lipinski definition) is 4. The lowest BCUT2D eigenvalue weighted by atomic mass is 10.2. The van der Waals surface area contributed by atoms with Gasteiger partial charge in [-0.05, 0) is 24.3 Å². The lowest BCUT2D eigenvalue weighted by Crippen LogP contribution is -2.17. The van der Waals surface area contributed by atoms with Gasteiger partial charge in [0.2, 0.25) is 17.7 Å². The largest absolute Gasteiger partial charge is 0.439 e. The summed E-state index contributed by atoms with van der Waals surface area (Å²) in [5.74, 6) is 0.106.